The van der Waals surface area contributed by atoms with E-state index in [1.807, 2.05) is 33.9 Å². The summed E-state index contributed by atoms with van der Waals surface area (Å²) in [7, 11) is -2.39. The van der Waals surface area contributed by atoms with Crippen molar-refractivity contribution in [1.29, 1.82) is 0 Å². The SMILES string of the molecule is CC(C)(C)[Si](C)(C)O[C@@H]1c2ccccc2C(=O)C1(F)F. The topological polar surface area (TPSA) is 26.3 Å². The first kappa shape index (κ1) is 15.3. The average molecular weight is 298 g/mol. The van der Waals surface area contributed by atoms with Crippen molar-refractivity contribution in [2.24, 2.45) is 0 Å². The van der Waals surface area contributed by atoms with Crippen LogP contribution in [0.4, 0.5) is 8.78 Å². The molecule has 0 fully saturated rings. The van der Waals surface area contributed by atoms with E-state index < -0.39 is 26.1 Å². The molecule has 1 atom stereocenters. The molecule has 0 amide bonds. The van der Waals surface area contributed by atoms with Crippen LogP contribution in [0.5, 0.6) is 0 Å². The molecule has 0 saturated heterocycles. The fraction of sp³-hybridized carbons (Fsp3) is 0.533. The molecule has 1 aliphatic carbocycles. The normalized spacial score (nSPS) is 21.9. The van der Waals surface area contributed by atoms with Gasteiger partial charge in [-0.1, -0.05) is 45.0 Å². The number of halogens is 2. The van der Waals surface area contributed by atoms with Crippen LogP contribution in [0.1, 0.15) is 42.8 Å². The zero-order valence-electron chi connectivity index (χ0n) is 12.5. The van der Waals surface area contributed by atoms with E-state index in [1.165, 1.54) is 6.07 Å². The number of Topliss-reactive ketones (excluding diaryl/α,β-unsaturated/α-hetero) is 1. The van der Waals surface area contributed by atoms with Gasteiger partial charge in [-0.15, -0.1) is 0 Å². The molecule has 2 rings (SSSR count). The minimum Gasteiger partial charge on any atom is -0.404 e. The van der Waals surface area contributed by atoms with E-state index in [0.717, 1.165) is 0 Å². The molecule has 1 aromatic carbocycles. The molecule has 5 heteroatoms. The van der Waals surface area contributed by atoms with Crippen LogP contribution < -0.4 is 0 Å². The summed E-state index contributed by atoms with van der Waals surface area (Å²) in [6.45, 7) is 9.78. The van der Waals surface area contributed by atoms with Crippen LogP contribution in [0.25, 0.3) is 0 Å². The molecule has 0 radical (unpaired) electrons. The van der Waals surface area contributed by atoms with Gasteiger partial charge in [-0.05, 0) is 23.7 Å². The number of carbonyl (C=O) groups excluding carboxylic acids is 1. The molecule has 0 unspecified atom stereocenters. The quantitative estimate of drug-likeness (QED) is 0.747. The first-order chi connectivity index (χ1) is 8.98. The predicted molar refractivity (Wildman–Crippen MR) is 76.7 cm³/mol. The molecule has 1 aliphatic rings. The summed E-state index contributed by atoms with van der Waals surface area (Å²) >= 11 is 0. The minimum atomic E-state index is -3.47. The summed E-state index contributed by atoms with van der Waals surface area (Å²) in [5.74, 6) is -4.60. The zero-order chi connectivity index (χ0) is 15.3. The number of carbonyl (C=O) groups is 1. The van der Waals surface area contributed by atoms with Crippen molar-refractivity contribution in [3.63, 3.8) is 0 Å². The second-order valence-electron chi connectivity index (χ2n) is 6.80. The Morgan fingerprint density at radius 1 is 1.20 bits per heavy atom. The second-order valence-corrected chi connectivity index (χ2v) is 11.6. The van der Waals surface area contributed by atoms with Gasteiger partial charge in [0.1, 0.15) is 6.10 Å². The maximum atomic E-state index is 14.3. The van der Waals surface area contributed by atoms with Crippen molar-refractivity contribution in [3.05, 3.63) is 35.4 Å². The summed E-state index contributed by atoms with van der Waals surface area (Å²) in [5, 5.41) is -0.191. The molecule has 0 N–H and O–H groups in total. The zero-order valence-corrected chi connectivity index (χ0v) is 13.5. The number of rotatable bonds is 2. The Labute approximate surface area is 119 Å². The first-order valence-corrected chi connectivity index (χ1v) is 9.58. The summed E-state index contributed by atoms with van der Waals surface area (Å²) in [6, 6.07) is 6.27. The number of hydrogen-bond acceptors (Lipinski definition) is 2. The summed E-state index contributed by atoms with van der Waals surface area (Å²) in [5.41, 5.74) is 0.397. The van der Waals surface area contributed by atoms with Gasteiger partial charge in [0.05, 0.1) is 0 Å². The third kappa shape index (κ3) is 2.23. The van der Waals surface area contributed by atoms with Crippen molar-refractivity contribution in [2.45, 2.75) is 50.9 Å². The molecule has 20 heavy (non-hydrogen) atoms. The molecule has 0 heterocycles. The Balaban J connectivity index is 2.44. The van der Waals surface area contributed by atoms with Crippen LogP contribution in [-0.2, 0) is 4.43 Å². The molecule has 0 aromatic heterocycles. The van der Waals surface area contributed by atoms with E-state index in [-0.39, 0.29) is 10.6 Å². The van der Waals surface area contributed by atoms with Gasteiger partial charge in [-0.2, -0.15) is 8.78 Å². The lowest BCUT2D eigenvalue weighted by molar-refractivity contribution is -0.0645. The molecular formula is C15H20F2O2Si. The minimum absolute atomic E-state index is 0.0845. The van der Waals surface area contributed by atoms with Crippen LogP contribution in [0.2, 0.25) is 18.1 Å². The van der Waals surface area contributed by atoms with Crippen molar-refractivity contribution >= 4 is 14.1 Å². The van der Waals surface area contributed by atoms with Crippen molar-refractivity contribution in [2.75, 3.05) is 0 Å². The number of hydrogen-bond donors (Lipinski definition) is 0. The van der Waals surface area contributed by atoms with E-state index in [4.69, 9.17) is 4.43 Å². The van der Waals surface area contributed by atoms with Crippen LogP contribution in [0.15, 0.2) is 24.3 Å². The highest BCUT2D eigenvalue weighted by atomic mass is 28.4. The van der Waals surface area contributed by atoms with Crippen LogP contribution in [-0.4, -0.2) is 20.0 Å². The monoisotopic (exact) mass is 298 g/mol. The summed E-state index contributed by atoms with van der Waals surface area (Å²) < 4.78 is 34.4. The lowest BCUT2D eigenvalue weighted by Gasteiger charge is -2.39. The highest BCUT2D eigenvalue weighted by Gasteiger charge is 2.58. The largest absolute Gasteiger partial charge is 0.404 e. The Morgan fingerprint density at radius 3 is 2.30 bits per heavy atom. The smallest absolute Gasteiger partial charge is 0.338 e. The van der Waals surface area contributed by atoms with E-state index in [1.54, 1.807) is 18.2 Å². The maximum Gasteiger partial charge on any atom is 0.338 e. The van der Waals surface area contributed by atoms with E-state index in [2.05, 4.69) is 0 Å². The van der Waals surface area contributed by atoms with Gasteiger partial charge in [-0.3, -0.25) is 4.79 Å². The first-order valence-electron chi connectivity index (χ1n) is 6.68. The third-order valence-corrected chi connectivity index (χ3v) is 8.78. The van der Waals surface area contributed by atoms with Crippen molar-refractivity contribution < 1.29 is 18.0 Å². The number of fused-ring (bicyclic) bond motifs is 1. The molecule has 1 aromatic rings. The van der Waals surface area contributed by atoms with Crippen LogP contribution in [0, 0.1) is 0 Å². The standard InChI is InChI=1S/C15H20F2O2Si/c1-14(2,3)20(4,5)19-13-11-9-7-6-8-10(11)12(18)15(13,16)17/h6-9,13H,1-5H3/t13-/m1/s1. The van der Waals surface area contributed by atoms with E-state index in [9.17, 15) is 13.6 Å². The van der Waals surface area contributed by atoms with Gasteiger partial charge in [-0.25, -0.2) is 0 Å². The van der Waals surface area contributed by atoms with Crippen LogP contribution in [0.3, 0.4) is 0 Å². The highest BCUT2D eigenvalue weighted by molar-refractivity contribution is 6.74. The van der Waals surface area contributed by atoms with Gasteiger partial charge in [0.2, 0.25) is 5.78 Å². The molecule has 2 nitrogen and oxygen atoms in total. The maximum absolute atomic E-state index is 14.3. The predicted octanol–water partition coefficient (Wildman–Crippen LogP) is 4.58. The van der Waals surface area contributed by atoms with Gasteiger partial charge in [0.15, 0.2) is 8.32 Å². The van der Waals surface area contributed by atoms with Gasteiger partial charge >= 0.3 is 5.92 Å². The molecule has 0 spiro atoms. The number of ketones is 1. The molecule has 110 valence electrons. The molecule has 0 aliphatic heterocycles. The summed E-state index contributed by atoms with van der Waals surface area (Å²) in [4.78, 5) is 11.8. The Morgan fingerprint density at radius 2 is 1.75 bits per heavy atom. The second kappa shape index (κ2) is 4.46. The third-order valence-electron chi connectivity index (χ3n) is 4.34. The molecule has 0 bridgehead atoms. The Hall–Kier alpha value is -1.07. The van der Waals surface area contributed by atoms with Crippen LogP contribution >= 0.6 is 0 Å². The average Bonchev–Trinajstić information content (AvgIpc) is 2.50. The Bertz CT molecular complexity index is 547. The van der Waals surface area contributed by atoms with Gasteiger partial charge in [0, 0.05) is 5.56 Å². The Kier molecular flexibility index (Phi) is 3.42. The van der Waals surface area contributed by atoms with E-state index in [0.29, 0.717) is 5.56 Å². The lowest BCUT2D eigenvalue weighted by Crippen LogP contribution is -2.45. The van der Waals surface area contributed by atoms with E-state index >= 15 is 0 Å². The van der Waals surface area contributed by atoms with Crippen molar-refractivity contribution in [3.8, 4) is 0 Å². The number of alkyl halides is 2. The molecular weight excluding hydrogens is 278 g/mol. The highest BCUT2D eigenvalue weighted by Crippen LogP contribution is 2.49. The van der Waals surface area contributed by atoms with Gasteiger partial charge in [0.25, 0.3) is 0 Å². The summed E-state index contributed by atoms with van der Waals surface area (Å²) in [6.07, 6.45) is -1.45. The fourth-order valence-corrected chi connectivity index (χ4v) is 3.25. The molecule has 0 saturated carbocycles. The number of benzene rings is 1. The van der Waals surface area contributed by atoms with Gasteiger partial charge < -0.3 is 4.43 Å². The lowest BCUT2D eigenvalue weighted by atomic mass is 10.1. The van der Waals surface area contributed by atoms with Crippen molar-refractivity contribution in [1.82, 2.24) is 0 Å². The fourth-order valence-electron chi connectivity index (χ4n) is 2.04.